The van der Waals surface area contributed by atoms with Crippen molar-refractivity contribution in [2.75, 3.05) is 6.54 Å². The molecule has 0 aliphatic carbocycles. The average molecular weight is 367 g/mol. The van der Waals surface area contributed by atoms with Crippen LogP contribution >= 0.6 is 0 Å². The SMILES string of the molecule is CC1c2cccn2CCN1C(=O)NC(c1ccc(F)cc1)c1cnn(C)c1. The monoisotopic (exact) mass is 367 g/mol. The van der Waals surface area contributed by atoms with Gasteiger partial charge < -0.3 is 14.8 Å². The number of nitrogens with zero attached hydrogens (tertiary/aromatic N) is 4. The van der Waals surface area contributed by atoms with E-state index in [0.717, 1.165) is 23.4 Å². The first-order chi connectivity index (χ1) is 13.0. The van der Waals surface area contributed by atoms with E-state index in [2.05, 4.69) is 15.0 Å². The van der Waals surface area contributed by atoms with E-state index in [0.29, 0.717) is 6.54 Å². The largest absolute Gasteiger partial charge is 0.348 e. The number of hydrogen-bond donors (Lipinski definition) is 1. The van der Waals surface area contributed by atoms with Gasteiger partial charge in [-0.05, 0) is 36.8 Å². The molecule has 2 unspecified atom stereocenters. The van der Waals surface area contributed by atoms with Gasteiger partial charge in [0, 0.05) is 43.8 Å². The fourth-order valence-electron chi connectivity index (χ4n) is 3.67. The van der Waals surface area contributed by atoms with Crippen LogP contribution in [0.2, 0.25) is 0 Å². The fraction of sp³-hybridized carbons (Fsp3) is 0.300. The summed E-state index contributed by atoms with van der Waals surface area (Å²) in [5.74, 6) is -0.305. The smallest absolute Gasteiger partial charge is 0.318 e. The van der Waals surface area contributed by atoms with Crippen molar-refractivity contribution < 1.29 is 9.18 Å². The van der Waals surface area contributed by atoms with E-state index >= 15 is 0 Å². The zero-order valence-corrected chi connectivity index (χ0v) is 15.3. The maximum atomic E-state index is 13.4. The van der Waals surface area contributed by atoms with Crippen LogP contribution in [0.4, 0.5) is 9.18 Å². The lowest BCUT2D eigenvalue weighted by Gasteiger charge is -2.36. The first-order valence-electron chi connectivity index (χ1n) is 8.99. The summed E-state index contributed by atoms with van der Waals surface area (Å²) in [7, 11) is 1.83. The second-order valence-corrected chi connectivity index (χ2v) is 6.88. The third-order valence-electron chi connectivity index (χ3n) is 5.13. The number of nitrogens with one attached hydrogen (secondary N) is 1. The maximum Gasteiger partial charge on any atom is 0.318 e. The number of benzene rings is 1. The number of fused-ring (bicyclic) bond motifs is 1. The normalized spacial score (nSPS) is 17.4. The Balaban J connectivity index is 1.60. The van der Waals surface area contributed by atoms with Crippen LogP contribution in [-0.2, 0) is 13.6 Å². The van der Waals surface area contributed by atoms with Crippen LogP contribution in [0, 0.1) is 5.82 Å². The molecular weight excluding hydrogens is 345 g/mol. The van der Waals surface area contributed by atoms with Crippen LogP contribution < -0.4 is 5.32 Å². The van der Waals surface area contributed by atoms with Crippen molar-refractivity contribution in [1.29, 1.82) is 0 Å². The molecule has 0 saturated heterocycles. The van der Waals surface area contributed by atoms with Crippen LogP contribution in [0.25, 0.3) is 0 Å². The van der Waals surface area contributed by atoms with E-state index in [1.165, 1.54) is 12.1 Å². The Hall–Kier alpha value is -3.09. The number of aryl methyl sites for hydroxylation is 1. The van der Waals surface area contributed by atoms with Crippen molar-refractivity contribution >= 4 is 6.03 Å². The Bertz CT molecular complexity index is 945. The molecule has 140 valence electrons. The molecule has 0 spiro atoms. The Morgan fingerprint density at radius 3 is 2.70 bits per heavy atom. The third kappa shape index (κ3) is 3.32. The molecule has 7 heteroatoms. The number of hydrogen-bond acceptors (Lipinski definition) is 2. The van der Waals surface area contributed by atoms with Gasteiger partial charge in [0.15, 0.2) is 0 Å². The van der Waals surface area contributed by atoms with Crippen molar-refractivity contribution in [3.63, 3.8) is 0 Å². The number of carbonyl (C=O) groups excluding carboxylic acids is 1. The number of carbonyl (C=O) groups is 1. The Morgan fingerprint density at radius 1 is 1.22 bits per heavy atom. The highest BCUT2D eigenvalue weighted by atomic mass is 19.1. The summed E-state index contributed by atoms with van der Waals surface area (Å²) in [5.41, 5.74) is 2.78. The molecule has 1 N–H and O–H groups in total. The van der Waals surface area contributed by atoms with Gasteiger partial charge in [-0.1, -0.05) is 12.1 Å². The van der Waals surface area contributed by atoms with E-state index in [1.54, 1.807) is 23.0 Å². The van der Waals surface area contributed by atoms with Crippen LogP contribution in [0.1, 0.15) is 35.8 Å². The fourth-order valence-corrected chi connectivity index (χ4v) is 3.67. The van der Waals surface area contributed by atoms with Crippen LogP contribution in [0.3, 0.4) is 0 Å². The lowest BCUT2D eigenvalue weighted by Crippen LogP contribution is -2.47. The molecule has 0 saturated carbocycles. The van der Waals surface area contributed by atoms with E-state index in [4.69, 9.17) is 0 Å². The van der Waals surface area contributed by atoms with Crippen LogP contribution in [0.15, 0.2) is 55.0 Å². The van der Waals surface area contributed by atoms with Gasteiger partial charge in [-0.15, -0.1) is 0 Å². The second kappa shape index (κ2) is 6.90. The maximum absolute atomic E-state index is 13.4. The van der Waals surface area contributed by atoms with Gasteiger partial charge >= 0.3 is 6.03 Å². The summed E-state index contributed by atoms with van der Waals surface area (Å²) in [4.78, 5) is 14.9. The molecule has 1 aliphatic rings. The Kier molecular flexibility index (Phi) is 4.43. The zero-order valence-electron chi connectivity index (χ0n) is 15.3. The molecule has 0 fully saturated rings. The van der Waals surface area contributed by atoms with Crippen LogP contribution in [-0.4, -0.2) is 31.8 Å². The van der Waals surface area contributed by atoms with Crippen molar-refractivity contribution in [3.05, 3.63) is 77.6 Å². The minimum absolute atomic E-state index is 0.0171. The molecule has 0 radical (unpaired) electrons. The van der Waals surface area contributed by atoms with Crippen molar-refractivity contribution in [1.82, 2.24) is 24.6 Å². The molecule has 27 heavy (non-hydrogen) atoms. The third-order valence-corrected chi connectivity index (χ3v) is 5.13. The minimum Gasteiger partial charge on any atom is -0.348 e. The molecule has 3 heterocycles. The highest BCUT2D eigenvalue weighted by Gasteiger charge is 2.29. The molecule has 2 aromatic heterocycles. The first kappa shape index (κ1) is 17.3. The number of aromatic nitrogens is 3. The molecule has 1 aliphatic heterocycles. The molecule has 0 bridgehead atoms. The summed E-state index contributed by atoms with van der Waals surface area (Å²) in [6, 6.07) is 9.68. The highest BCUT2D eigenvalue weighted by molar-refractivity contribution is 5.76. The first-order valence-corrected chi connectivity index (χ1v) is 8.99. The van der Waals surface area contributed by atoms with E-state index in [-0.39, 0.29) is 17.9 Å². The van der Waals surface area contributed by atoms with E-state index in [1.807, 2.05) is 43.4 Å². The van der Waals surface area contributed by atoms with Gasteiger partial charge in [0.05, 0.1) is 18.3 Å². The summed E-state index contributed by atoms with van der Waals surface area (Å²) in [6.07, 6.45) is 5.62. The summed E-state index contributed by atoms with van der Waals surface area (Å²) >= 11 is 0. The molecular formula is C20H22FN5O. The standard InChI is InChI=1S/C20H22FN5O/c1-14-18-4-3-9-25(18)10-11-26(14)20(27)23-19(16-12-22-24(2)13-16)15-5-7-17(21)8-6-15/h3-9,12-14,19H,10-11H2,1-2H3,(H,23,27). The molecule has 1 aromatic carbocycles. The quantitative estimate of drug-likeness (QED) is 0.773. The molecule has 2 amide bonds. The van der Waals surface area contributed by atoms with Crippen molar-refractivity contribution in [3.8, 4) is 0 Å². The number of rotatable bonds is 3. The lowest BCUT2D eigenvalue weighted by atomic mass is 10.0. The summed E-state index contributed by atoms with van der Waals surface area (Å²) in [5, 5.41) is 7.32. The van der Waals surface area contributed by atoms with Crippen molar-refractivity contribution in [2.24, 2.45) is 7.05 Å². The molecule has 2 atom stereocenters. The van der Waals surface area contributed by atoms with Gasteiger partial charge in [0.1, 0.15) is 5.82 Å². The lowest BCUT2D eigenvalue weighted by molar-refractivity contribution is 0.160. The Labute approximate surface area is 157 Å². The van der Waals surface area contributed by atoms with Gasteiger partial charge in [-0.25, -0.2) is 9.18 Å². The molecule has 6 nitrogen and oxygen atoms in total. The number of urea groups is 1. The molecule has 3 aromatic rings. The van der Waals surface area contributed by atoms with Gasteiger partial charge in [0.2, 0.25) is 0 Å². The zero-order chi connectivity index (χ0) is 19.0. The van der Waals surface area contributed by atoms with Gasteiger partial charge in [0.25, 0.3) is 0 Å². The minimum atomic E-state index is -0.396. The van der Waals surface area contributed by atoms with Crippen LogP contribution in [0.5, 0.6) is 0 Å². The average Bonchev–Trinajstić information content (AvgIpc) is 3.30. The summed E-state index contributed by atoms with van der Waals surface area (Å²) in [6.45, 7) is 3.44. The Morgan fingerprint density at radius 2 is 2.00 bits per heavy atom. The topological polar surface area (TPSA) is 55.1 Å². The number of halogens is 1. The predicted octanol–water partition coefficient (Wildman–Crippen LogP) is 3.24. The second-order valence-electron chi connectivity index (χ2n) is 6.88. The highest BCUT2D eigenvalue weighted by Crippen LogP contribution is 2.27. The van der Waals surface area contributed by atoms with E-state index in [9.17, 15) is 9.18 Å². The van der Waals surface area contributed by atoms with Crippen molar-refractivity contribution in [2.45, 2.75) is 25.6 Å². The number of amides is 2. The van der Waals surface area contributed by atoms with Gasteiger partial charge in [-0.3, -0.25) is 4.68 Å². The summed E-state index contributed by atoms with van der Waals surface area (Å²) < 4.78 is 17.2. The predicted molar refractivity (Wildman–Crippen MR) is 99.5 cm³/mol. The molecule has 4 rings (SSSR count). The van der Waals surface area contributed by atoms with Gasteiger partial charge in [-0.2, -0.15) is 5.10 Å². The van der Waals surface area contributed by atoms with E-state index < -0.39 is 6.04 Å².